The topological polar surface area (TPSA) is 97.0 Å². The van der Waals surface area contributed by atoms with Crippen molar-refractivity contribution in [1.82, 2.24) is 10.2 Å². The molecule has 2 amide bonds. The number of ether oxygens (including phenoxy) is 2. The van der Waals surface area contributed by atoms with E-state index in [0.29, 0.717) is 18.2 Å². The van der Waals surface area contributed by atoms with Gasteiger partial charge in [0.1, 0.15) is 0 Å². The fourth-order valence-electron chi connectivity index (χ4n) is 3.47. The van der Waals surface area contributed by atoms with Gasteiger partial charge in [0, 0.05) is 31.4 Å². The van der Waals surface area contributed by atoms with Gasteiger partial charge in [0.2, 0.25) is 0 Å². The van der Waals surface area contributed by atoms with Crippen molar-refractivity contribution in [3.63, 3.8) is 0 Å². The zero-order valence-electron chi connectivity index (χ0n) is 14.2. The second kappa shape index (κ2) is 7.10. The lowest BCUT2D eigenvalue weighted by Crippen LogP contribution is -2.41. The summed E-state index contributed by atoms with van der Waals surface area (Å²) < 4.78 is 9.40. The minimum absolute atomic E-state index is 0.169. The van der Waals surface area contributed by atoms with Crippen molar-refractivity contribution in [2.45, 2.75) is 12.5 Å². The molecule has 0 bridgehead atoms. The molecular weight excluding hydrogens is 326 g/mol. The quantitative estimate of drug-likeness (QED) is 0.795. The molecule has 2 aliphatic rings. The van der Waals surface area contributed by atoms with Crippen LogP contribution in [-0.4, -0.2) is 62.8 Å². The number of carbonyl (C=O) groups is 3. The molecule has 0 aliphatic carbocycles. The monoisotopic (exact) mass is 347 g/mol. The Morgan fingerprint density at radius 1 is 1.08 bits per heavy atom. The number of esters is 2. The second-order valence-electron chi connectivity index (χ2n) is 6.18. The average molecular weight is 347 g/mol. The minimum atomic E-state index is -0.595. The number of fused-ring (bicyclic) bond motifs is 1. The van der Waals surface area contributed by atoms with Gasteiger partial charge in [-0.05, 0) is 30.5 Å². The highest BCUT2D eigenvalue weighted by Crippen LogP contribution is 2.28. The fraction of sp³-hybridized carbons (Fsp3) is 0.471. The Bertz CT molecular complexity index is 671. The summed E-state index contributed by atoms with van der Waals surface area (Å²) in [5, 5.41) is 6.07. The number of nitrogens with zero attached hydrogens (tertiary/aromatic N) is 1. The average Bonchev–Trinajstić information content (AvgIpc) is 3.23. The number of benzene rings is 1. The van der Waals surface area contributed by atoms with Gasteiger partial charge in [-0.3, -0.25) is 0 Å². The van der Waals surface area contributed by atoms with Crippen molar-refractivity contribution < 1.29 is 23.9 Å². The van der Waals surface area contributed by atoms with E-state index in [1.807, 2.05) is 0 Å². The molecule has 2 fully saturated rings. The van der Waals surface area contributed by atoms with Crippen molar-refractivity contribution >= 4 is 23.7 Å². The van der Waals surface area contributed by atoms with Crippen LogP contribution in [0.3, 0.4) is 0 Å². The smallest absolute Gasteiger partial charge is 0.337 e. The largest absolute Gasteiger partial charge is 0.465 e. The molecule has 0 spiro atoms. The van der Waals surface area contributed by atoms with Gasteiger partial charge in [0.25, 0.3) is 0 Å². The van der Waals surface area contributed by atoms with E-state index in [4.69, 9.17) is 9.47 Å². The summed E-state index contributed by atoms with van der Waals surface area (Å²) in [5.41, 5.74) is 0.688. The second-order valence-corrected chi connectivity index (χ2v) is 6.18. The van der Waals surface area contributed by atoms with Gasteiger partial charge < -0.3 is 25.0 Å². The molecular formula is C17H21N3O5. The SMILES string of the molecule is COC(=O)c1cc(NC(=O)N2CC[C@@H]3CNC[C@@H]32)cc(C(=O)OC)c1. The lowest BCUT2D eigenvalue weighted by molar-refractivity contribution is 0.0599. The Balaban J connectivity index is 1.82. The fourth-order valence-corrected chi connectivity index (χ4v) is 3.47. The number of hydrogen-bond donors (Lipinski definition) is 2. The number of nitrogens with one attached hydrogen (secondary N) is 2. The Morgan fingerprint density at radius 2 is 1.72 bits per heavy atom. The van der Waals surface area contributed by atoms with Crippen LogP contribution in [0.25, 0.3) is 0 Å². The molecule has 8 nitrogen and oxygen atoms in total. The summed E-state index contributed by atoms with van der Waals surface area (Å²) in [7, 11) is 2.51. The van der Waals surface area contributed by atoms with Crippen LogP contribution in [0.15, 0.2) is 18.2 Å². The predicted molar refractivity (Wildman–Crippen MR) is 89.6 cm³/mol. The Labute approximate surface area is 145 Å². The lowest BCUT2D eigenvalue weighted by atomic mass is 10.1. The third-order valence-corrected chi connectivity index (χ3v) is 4.73. The van der Waals surface area contributed by atoms with Crippen LogP contribution < -0.4 is 10.6 Å². The molecule has 2 heterocycles. The number of urea groups is 1. The van der Waals surface area contributed by atoms with Crippen LogP contribution in [-0.2, 0) is 9.47 Å². The summed E-state index contributed by atoms with van der Waals surface area (Å²) in [6.07, 6.45) is 0.973. The highest BCUT2D eigenvalue weighted by molar-refractivity contribution is 5.99. The summed E-state index contributed by atoms with van der Waals surface area (Å²) in [5.74, 6) is -0.706. The third-order valence-electron chi connectivity index (χ3n) is 4.73. The van der Waals surface area contributed by atoms with E-state index < -0.39 is 11.9 Å². The van der Waals surface area contributed by atoms with Crippen molar-refractivity contribution in [3.8, 4) is 0 Å². The van der Waals surface area contributed by atoms with E-state index in [2.05, 4.69) is 10.6 Å². The van der Waals surface area contributed by atoms with Crippen LogP contribution in [0.5, 0.6) is 0 Å². The number of rotatable bonds is 3. The Hall–Kier alpha value is -2.61. The highest BCUT2D eigenvalue weighted by Gasteiger charge is 2.39. The Kier molecular flexibility index (Phi) is 4.89. The first-order valence-corrected chi connectivity index (χ1v) is 8.13. The van der Waals surface area contributed by atoms with E-state index in [9.17, 15) is 14.4 Å². The van der Waals surface area contributed by atoms with Crippen LogP contribution in [0.4, 0.5) is 10.5 Å². The van der Waals surface area contributed by atoms with Gasteiger partial charge in [-0.1, -0.05) is 0 Å². The lowest BCUT2D eigenvalue weighted by Gasteiger charge is -2.24. The van der Waals surface area contributed by atoms with Crippen LogP contribution in [0.1, 0.15) is 27.1 Å². The molecule has 134 valence electrons. The molecule has 0 saturated carbocycles. The van der Waals surface area contributed by atoms with Gasteiger partial charge in [-0.2, -0.15) is 0 Å². The maximum absolute atomic E-state index is 12.6. The molecule has 0 radical (unpaired) electrons. The van der Waals surface area contributed by atoms with E-state index >= 15 is 0 Å². The first kappa shape index (κ1) is 17.2. The number of amides is 2. The summed E-state index contributed by atoms with van der Waals surface area (Å²) in [6.45, 7) is 2.41. The zero-order valence-corrected chi connectivity index (χ0v) is 14.2. The maximum Gasteiger partial charge on any atom is 0.337 e. The van der Waals surface area contributed by atoms with Gasteiger partial charge >= 0.3 is 18.0 Å². The number of anilines is 1. The normalized spacial score (nSPS) is 21.6. The van der Waals surface area contributed by atoms with Crippen LogP contribution >= 0.6 is 0 Å². The van der Waals surface area contributed by atoms with E-state index in [1.54, 1.807) is 4.90 Å². The molecule has 0 aromatic heterocycles. The molecule has 0 unspecified atom stereocenters. The number of methoxy groups -OCH3 is 2. The molecule has 2 atom stereocenters. The number of carbonyl (C=O) groups excluding carboxylic acids is 3. The molecule has 2 saturated heterocycles. The summed E-state index contributed by atoms with van der Waals surface area (Å²) in [6, 6.07) is 4.28. The van der Waals surface area contributed by atoms with Crippen molar-refractivity contribution in [3.05, 3.63) is 29.3 Å². The van der Waals surface area contributed by atoms with E-state index in [0.717, 1.165) is 19.5 Å². The van der Waals surface area contributed by atoms with Crippen LogP contribution in [0.2, 0.25) is 0 Å². The molecule has 2 aliphatic heterocycles. The van der Waals surface area contributed by atoms with Gasteiger partial charge in [0.15, 0.2) is 0 Å². The van der Waals surface area contributed by atoms with Crippen LogP contribution in [0, 0.1) is 5.92 Å². The van der Waals surface area contributed by atoms with Crippen molar-refractivity contribution in [1.29, 1.82) is 0 Å². The molecule has 25 heavy (non-hydrogen) atoms. The first-order valence-electron chi connectivity index (χ1n) is 8.13. The Morgan fingerprint density at radius 3 is 2.32 bits per heavy atom. The van der Waals surface area contributed by atoms with Gasteiger partial charge in [-0.15, -0.1) is 0 Å². The molecule has 3 rings (SSSR count). The highest BCUT2D eigenvalue weighted by atomic mass is 16.5. The van der Waals surface area contributed by atoms with Gasteiger partial charge in [0.05, 0.1) is 25.3 Å². The predicted octanol–water partition coefficient (Wildman–Crippen LogP) is 1.09. The molecule has 2 N–H and O–H groups in total. The third kappa shape index (κ3) is 3.43. The number of hydrogen-bond acceptors (Lipinski definition) is 6. The van der Waals surface area contributed by atoms with Crippen molar-refractivity contribution in [2.75, 3.05) is 39.2 Å². The van der Waals surface area contributed by atoms with E-state index in [-0.39, 0.29) is 23.2 Å². The molecule has 8 heteroatoms. The minimum Gasteiger partial charge on any atom is -0.465 e. The summed E-state index contributed by atoms with van der Waals surface area (Å²) in [4.78, 5) is 38.0. The van der Waals surface area contributed by atoms with E-state index in [1.165, 1.54) is 32.4 Å². The number of likely N-dealkylation sites (tertiary alicyclic amines) is 1. The van der Waals surface area contributed by atoms with Crippen molar-refractivity contribution in [2.24, 2.45) is 5.92 Å². The maximum atomic E-state index is 12.6. The first-order chi connectivity index (χ1) is 12.0. The molecule has 1 aromatic rings. The molecule has 1 aromatic carbocycles. The zero-order chi connectivity index (χ0) is 18.0. The summed E-state index contributed by atoms with van der Waals surface area (Å²) >= 11 is 0. The standard InChI is InChI=1S/C17H21N3O5/c1-24-15(21)11-5-12(16(22)25-2)7-13(6-11)19-17(23)20-4-3-10-8-18-9-14(10)20/h5-7,10,14,18H,3-4,8-9H2,1-2H3,(H,19,23)/t10-,14+/m1/s1. The van der Waals surface area contributed by atoms with Gasteiger partial charge in [-0.25, -0.2) is 14.4 Å².